The van der Waals surface area contributed by atoms with Gasteiger partial charge in [-0.2, -0.15) is 0 Å². The summed E-state index contributed by atoms with van der Waals surface area (Å²) in [6, 6.07) is 6.95. The van der Waals surface area contributed by atoms with E-state index in [4.69, 9.17) is 5.11 Å². The van der Waals surface area contributed by atoms with Crippen LogP contribution >= 0.6 is 15.9 Å². The van der Waals surface area contributed by atoms with Crippen LogP contribution in [0.25, 0.3) is 0 Å². The van der Waals surface area contributed by atoms with Gasteiger partial charge < -0.3 is 15.3 Å². The molecule has 0 bridgehead atoms. The molecule has 0 spiro atoms. The second kappa shape index (κ2) is 7.08. The molecule has 0 saturated heterocycles. The summed E-state index contributed by atoms with van der Waals surface area (Å²) in [5, 5.41) is 31.1. The summed E-state index contributed by atoms with van der Waals surface area (Å²) in [5.41, 5.74) is 0.391. The summed E-state index contributed by atoms with van der Waals surface area (Å²) in [4.78, 5) is 0. The summed E-state index contributed by atoms with van der Waals surface area (Å²) in [7, 11) is 0. The molecule has 1 aromatic rings. The summed E-state index contributed by atoms with van der Waals surface area (Å²) < 4.78 is 0.646. The lowest BCUT2D eigenvalue weighted by Crippen LogP contribution is -2.42. The Hall–Kier alpha value is -0.460. The highest BCUT2D eigenvalue weighted by atomic mass is 79.9. The number of nitrogens with one attached hydrogen (secondary N) is 1. The molecule has 0 radical (unpaired) electrons. The van der Waals surface area contributed by atoms with Crippen molar-refractivity contribution >= 4 is 15.9 Å². The van der Waals surface area contributed by atoms with Crippen molar-refractivity contribution in [1.82, 2.24) is 5.32 Å². The van der Waals surface area contributed by atoms with Crippen LogP contribution in [0.2, 0.25) is 0 Å². The molecule has 4 nitrogen and oxygen atoms in total. The first-order chi connectivity index (χ1) is 8.08. The molecule has 4 N–H and O–H groups in total. The summed E-state index contributed by atoms with van der Waals surface area (Å²) in [6.07, 6.45) is 2.38. The molecule has 96 valence electrons. The molecule has 1 aromatic carbocycles. The molecule has 0 aromatic heterocycles. The van der Waals surface area contributed by atoms with Crippen molar-refractivity contribution in [2.45, 2.75) is 25.2 Å². The van der Waals surface area contributed by atoms with Gasteiger partial charge in [0, 0.05) is 23.2 Å². The Balaban J connectivity index is 2.48. The molecular formula is C12H18BrNO3. The van der Waals surface area contributed by atoms with Crippen molar-refractivity contribution in [3.63, 3.8) is 0 Å². The second-order valence-electron chi connectivity index (χ2n) is 3.86. The van der Waals surface area contributed by atoms with Crippen LogP contribution in [0.3, 0.4) is 0 Å². The third-order valence-corrected chi connectivity index (χ3v) is 3.15. The van der Waals surface area contributed by atoms with E-state index in [-0.39, 0.29) is 6.61 Å². The van der Waals surface area contributed by atoms with Gasteiger partial charge in [0.2, 0.25) is 0 Å². The first-order valence-corrected chi connectivity index (χ1v) is 6.43. The van der Waals surface area contributed by atoms with Gasteiger partial charge in [-0.1, -0.05) is 34.1 Å². The minimum atomic E-state index is -2.03. The van der Waals surface area contributed by atoms with Crippen molar-refractivity contribution in [2.24, 2.45) is 0 Å². The zero-order valence-corrected chi connectivity index (χ0v) is 11.2. The van der Waals surface area contributed by atoms with Gasteiger partial charge in [0.1, 0.15) is 0 Å². The standard InChI is InChI=1S/C12H18BrNO3/c13-11-7-3-2-6-10(11)12(16,17)14-8-4-1-5-9-15/h2-3,6-7,14-17H,1,4-5,8-9H2. The van der Waals surface area contributed by atoms with E-state index in [1.54, 1.807) is 18.2 Å². The quantitative estimate of drug-likeness (QED) is 0.452. The van der Waals surface area contributed by atoms with E-state index < -0.39 is 5.91 Å². The highest BCUT2D eigenvalue weighted by molar-refractivity contribution is 9.10. The van der Waals surface area contributed by atoms with Gasteiger partial charge >= 0.3 is 0 Å². The highest BCUT2D eigenvalue weighted by Crippen LogP contribution is 2.24. The van der Waals surface area contributed by atoms with Gasteiger partial charge in [0.05, 0.1) is 0 Å². The average molecular weight is 304 g/mol. The van der Waals surface area contributed by atoms with Gasteiger partial charge in [-0.25, -0.2) is 0 Å². The minimum Gasteiger partial charge on any atom is -0.396 e. The van der Waals surface area contributed by atoms with E-state index in [0.717, 1.165) is 19.3 Å². The summed E-state index contributed by atoms with van der Waals surface area (Å²) >= 11 is 3.27. The lowest BCUT2D eigenvalue weighted by molar-refractivity contribution is -0.195. The van der Waals surface area contributed by atoms with Crippen LogP contribution in [-0.4, -0.2) is 28.5 Å². The molecule has 0 aliphatic heterocycles. The SMILES string of the molecule is OCCCCCNC(O)(O)c1ccccc1Br. The molecule has 0 heterocycles. The molecule has 0 saturated carbocycles. The predicted molar refractivity (Wildman–Crippen MR) is 69.2 cm³/mol. The molecule has 0 aliphatic carbocycles. The van der Waals surface area contributed by atoms with Crippen molar-refractivity contribution in [1.29, 1.82) is 0 Å². The smallest absolute Gasteiger partial charge is 0.251 e. The Labute approximate surface area is 109 Å². The van der Waals surface area contributed by atoms with E-state index in [9.17, 15) is 10.2 Å². The highest BCUT2D eigenvalue weighted by Gasteiger charge is 2.26. The Morgan fingerprint density at radius 3 is 2.47 bits per heavy atom. The van der Waals surface area contributed by atoms with Gasteiger partial charge in [-0.15, -0.1) is 0 Å². The first kappa shape index (κ1) is 14.6. The zero-order chi connectivity index (χ0) is 12.7. The van der Waals surface area contributed by atoms with Gasteiger partial charge in [-0.05, 0) is 25.3 Å². The molecule has 0 unspecified atom stereocenters. The molecule has 17 heavy (non-hydrogen) atoms. The number of aliphatic hydroxyl groups excluding tert-OH is 1. The van der Waals surface area contributed by atoms with Crippen LogP contribution in [0.1, 0.15) is 24.8 Å². The van der Waals surface area contributed by atoms with Crippen molar-refractivity contribution in [2.75, 3.05) is 13.2 Å². The zero-order valence-electron chi connectivity index (χ0n) is 9.56. The molecule has 0 atom stereocenters. The topological polar surface area (TPSA) is 72.7 Å². The fourth-order valence-electron chi connectivity index (χ4n) is 1.52. The predicted octanol–water partition coefficient (Wildman–Crippen LogP) is 1.30. The monoisotopic (exact) mass is 303 g/mol. The van der Waals surface area contributed by atoms with Crippen LogP contribution in [0.5, 0.6) is 0 Å². The van der Waals surface area contributed by atoms with E-state index in [1.807, 2.05) is 6.07 Å². The Kier molecular flexibility index (Phi) is 6.08. The fourth-order valence-corrected chi connectivity index (χ4v) is 2.08. The molecule has 0 aliphatic rings. The van der Waals surface area contributed by atoms with Gasteiger partial charge in [0.15, 0.2) is 0 Å². The average Bonchev–Trinajstić information content (AvgIpc) is 2.29. The normalized spacial score (nSPS) is 11.8. The van der Waals surface area contributed by atoms with Crippen molar-refractivity contribution in [3.05, 3.63) is 34.3 Å². The van der Waals surface area contributed by atoms with Crippen molar-refractivity contribution in [3.8, 4) is 0 Å². The lowest BCUT2D eigenvalue weighted by Gasteiger charge is -2.24. The lowest BCUT2D eigenvalue weighted by atomic mass is 10.1. The van der Waals surface area contributed by atoms with Crippen LogP contribution in [0.4, 0.5) is 0 Å². The van der Waals surface area contributed by atoms with Crippen LogP contribution in [0.15, 0.2) is 28.7 Å². The fraction of sp³-hybridized carbons (Fsp3) is 0.500. The van der Waals surface area contributed by atoms with E-state index in [0.29, 0.717) is 16.6 Å². The van der Waals surface area contributed by atoms with E-state index in [1.165, 1.54) is 0 Å². The maximum atomic E-state index is 9.89. The number of aliphatic hydroxyl groups is 3. The maximum absolute atomic E-state index is 9.89. The minimum absolute atomic E-state index is 0.174. The number of hydrogen-bond acceptors (Lipinski definition) is 4. The first-order valence-electron chi connectivity index (χ1n) is 5.63. The van der Waals surface area contributed by atoms with E-state index >= 15 is 0 Å². The summed E-state index contributed by atoms with van der Waals surface area (Å²) in [6.45, 7) is 0.655. The third kappa shape index (κ3) is 4.73. The molecule has 0 fully saturated rings. The Morgan fingerprint density at radius 2 is 1.82 bits per heavy atom. The molecular weight excluding hydrogens is 286 g/mol. The Morgan fingerprint density at radius 1 is 1.12 bits per heavy atom. The van der Waals surface area contributed by atoms with Crippen LogP contribution in [0, 0.1) is 0 Å². The number of unbranched alkanes of at least 4 members (excludes halogenated alkanes) is 2. The second-order valence-corrected chi connectivity index (χ2v) is 4.72. The van der Waals surface area contributed by atoms with Crippen LogP contribution in [-0.2, 0) is 5.91 Å². The van der Waals surface area contributed by atoms with Gasteiger partial charge in [0.25, 0.3) is 5.91 Å². The van der Waals surface area contributed by atoms with Crippen molar-refractivity contribution < 1.29 is 15.3 Å². The van der Waals surface area contributed by atoms with Crippen LogP contribution < -0.4 is 5.32 Å². The van der Waals surface area contributed by atoms with Gasteiger partial charge in [-0.3, -0.25) is 5.32 Å². The Bertz CT molecular complexity index is 344. The third-order valence-electron chi connectivity index (χ3n) is 2.46. The number of halogens is 1. The molecule has 1 rings (SSSR count). The molecule has 0 amide bonds. The summed E-state index contributed by atoms with van der Waals surface area (Å²) in [5.74, 6) is -2.03. The molecule has 5 heteroatoms. The number of rotatable bonds is 7. The number of benzene rings is 1. The number of hydrogen-bond donors (Lipinski definition) is 4. The maximum Gasteiger partial charge on any atom is 0.251 e. The largest absolute Gasteiger partial charge is 0.396 e. The van der Waals surface area contributed by atoms with E-state index in [2.05, 4.69) is 21.2 Å².